The Bertz CT molecular complexity index is 1210. The molecule has 0 unspecified atom stereocenters. The molecular weight excluding hydrogens is 476 g/mol. The number of methoxy groups -OCH3 is 2. The highest BCUT2D eigenvalue weighted by Gasteiger charge is 2.54. The zero-order valence-corrected chi connectivity index (χ0v) is 19.5. The molecule has 1 aliphatic carbocycles. The number of aliphatic carboxylic acids is 1. The second-order valence-electron chi connectivity index (χ2n) is 8.71. The van der Waals surface area contributed by atoms with Crippen LogP contribution in [0.3, 0.4) is 0 Å². The molecule has 190 valence electrons. The number of esters is 2. The lowest BCUT2D eigenvalue weighted by molar-refractivity contribution is -0.156. The number of cyclic esters (lactones) is 1. The third-order valence-electron chi connectivity index (χ3n) is 6.78. The molecule has 11 nitrogen and oxygen atoms in total. The minimum Gasteiger partial charge on any atom is -0.502 e. The molecule has 0 aromatic heterocycles. The van der Waals surface area contributed by atoms with E-state index in [4.69, 9.17) is 33.5 Å². The molecule has 0 saturated carbocycles. The largest absolute Gasteiger partial charge is 0.502 e. The van der Waals surface area contributed by atoms with Gasteiger partial charge in [0.25, 0.3) is 0 Å². The summed E-state index contributed by atoms with van der Waals surface area (Å²) >= 11 is 0. The summed E-state index contributed by atoms with van der Waals surface area (Å²) < 4.78 is 33.0. The van der Waals surface area contributed by atoms with E-state index >= 15 is 0 Å². The molecule has 36 heavy (non-hydrogen) atoms. The fourth-order valence-electron chi connectivity index (χ4n) is 5.17. The maximum Gasteiger partial charge on any atom is 0.310 e. The molecule has 1 fully saturated rings. The first-order valence-electron chi connectivity index (χ1n) is 11.3. The monoisotopic (exact) mass is 500 g/mol. The Morgan fingerprint density at radius 1 is 0.972 bits per heavy atom. The van der Waals surface area contributed by atoms with Crippen molar-refractivity contribution in [2.45, 2.75) is 24.9 Å². The third-order valence-corrected chi connectivity index (χ3v) is 6.78. The Morgan fingerprint density at radius 2 is 1.61 bits per heavy atom. The summed E-state index contributed by atoms with van der Waals surface area (Å²) in [7, 11) is 2.81. The summed E-state index contributed by atoms with van der Waals surface area (Å²) in [5.41, 5.74) is 1.86. The molecule has 0 radical (unpaired) electrons. The van der Waals surface area contributed by atoms with Crippen LogP contribution in [0.25, 0.3) is 0 Å². The summed E-state index contributed by atoms with van der Waals surface area (Å²) in [6.07, 6.45) is -1.56. The van der Waals surface area contributed by atoms with Crippen molar-refractivity contribution in [2.75, 3.05) is 27.6 Å². The van der Waals surface area contributed by atoms with Gasteiger partial charge in [-0.15, -0.1) is 0 Å². The first kappa shape index (κ1) is 23.6. The van der Waals surface area contributed by atoms with Crippen molar-refractivity contribution in [3.63, 3.8) is 0 Å². The number of carboxylic acids is 1. The number of carboxylic acid groups (broad SMARTS) is 1. The fourth-order valence-corrected chi connectivity index (χ4v) is 5.17. The molecule has 2 aromatic carbocycles. The predicted octanol–water partition coefficient (Wildman–Crippen LogP) is 2.52. The summed E-state index contributed by atoms with van der Waals surface area (Å²) in [6.45, 7) is 0.0266. The topological polar surface area (TPSA) is 147 Å². The number of hydrogen-bond acceptors (Lipinski definition) is 10. The standard InChI is InChI=1S/C25H24O11/c1-31-17-5-11(6-18(32-2)23(17)29)21-12-7-15-16(35-10-34-15)8-13(12)24(14-9-33-25(30)22(14)21)36-20(28)4-3-19(26)27/h5-8,14,21-22,24,29H,3-4,9-10H2,1-2H3,(H,26,27)/t14-,21+,22-,24+/m0/s1. The number of benzene rings is 2. The molecule has 1 saturated heterocycles. The molecule has 0 spiro atoms. The van der Waals surface area contributed by atoms with Crippen molar-refractivity contribution in [1.29, 1.82) is 0 Å². The lowest BCUT2D eigenvalue weighted by atomic mass is 9.66. The van der Waals surface area contributed by atoms with Gasteiger partial charge < -0.3 is 38.6 Å². The average Bonchev–Trinajstić information content (AvgIpc) is 3.48. The van der Waals surface area contributed by atoms with E-state index < -0.39 is 41.8 Å². The van der Waals surface area contributed by atoms with Crippen LogP contribution in [0.2, 0.25) is 0 Å². The van der Waals surface area contributed by atoms with Crippen molar-refractivity contribution in [1.82, 2.24) is 0 Å². The molecule has 5 rings (SSSR count). The minimum absolute atomic E-state index is 0.0110. The Labute approximate surface area is 205 Å². The van der Waals surface area contributed by atoms with E-state index in [1.54, 1.807) is 24.3 Å². The van der Waals surface area contributed by atoms with Gasteiger partial charge in [0.05, 0.1) is 39.6 Å². The minimum atomic E-state index is -1.12. The zero-order chi connectivity index (χ0) is 25.6. The maximum absolute atomic E-state index is 13.0. The van der Waals surface area contributed by atoms with Crippen LogP contribution >= 0.6 is 0 Å². The number of ether oxygens (including phenoxy) is 6. The van der Waals surface area contributed by atoms with Crippen LogP contribution in [0.1, 0.15) is 41.6 Å². The van der Waals surface area contributed by atoms with Crippen molar-refractivity contribution in [3.05, 3.63) is 41.0 Å². The second-order valence-corrected chi connectivity index (χ2v) is 8.71. The van der Waals surface area contributed by atoms with Crippen LogP contribution in [0.5, 0.6) is 28.7 Å². The van der Waals surface area contributed by atoms with E-state index in [0.717, 1.165) is 0 Å². The highest BCUT2D eigenvalue weighted by atomic mass is 16.7. The molecule has 2 N–H and O–H groups in total. The number of carbonyl (C=O) groups excluding carboxylic acids is 2. The number of hydrogen-bond donors (Lipinski definition) is 2. The second kappa shape index (κ2) is 9.14. The van der Waals surface area contributed by atoms with Crippen LogP contribution in [-0.4, -0.2) is 55.7 Å². The molecule has 0 amide bonds. The van der Waals surface area contributed by atoms with E-state index in [-0.39, 0.29) is 43.5 Å². The van der Waals surface area contributed by atoms with Crippen molar-refractivity contribution in [3.8, 4) is 28.7 Å². The van der Waals surface area contributed by atoms with Gasteiger partial charge in [-0.1, -0.05) is 0 Å². The smallest absolute Gasteiger partial charge is 0.310 e. The first-order chi connectivity index (χ1) is 17.3. The average molecular weight is 500 g/mol. The van der Waals surface area contributed by atoms with Crippen LogP contribution in [-0.2, 0) is 23.9 Å². The van der Waals surface area contributed by atoms with E-state index in [0.29, 0.717) is 28.2 Å². The quantitative estimate of drug-likeness (QED) is 0.541. The number of fused-ring (bicyclic) bond motifs is 3. The van der Waals surface area contributed by atoms with E-state index in [2.05, 4.69) is 0 Å². The van der Waals surface area contributed by atoms with Crippen LogP contribution < -0.4 is 18.9 Å². The molecular formula is C25H24O11. The van der Waals surface area contributed by atoms with Crippen molar-refractivity contribution >= 4 is 17.9 Å². The Hall–Kier alpha value is -4.15. The van der Waals surface area contributed by atoms with Gasteiger partial charge in [0.15, 0.2) is 23.0 Å². The summed E-state index contributed by atoms with van der Waals surface area (Å²) in [5.74, 6) is -3.07. The van der Waals surface area contributed by atoms with Gasteiger partial charge in [0.2, 0.25) is 12.5 Å². The van der Waals surface area contributed by atoms with Crippen molar-refractivity contribution in [2.24, 2.45) is 11.8 Å². The molecule has 2 heterocycles. The lowest BCUT2D eigenvalue weighted by Gasteiger charge is -2.38. The normalized spacial score (nSPS) is 23.3. The molecule has 3 aliphatic rings. The number of carbonyl (C=O) groups is 3. The first-order valence-corrected chi connectivity index (χ1v) is 11.3. The highest BCUT2D eigenvalue weighted by Crippen LogP contribution is 2.56. The van der Waals surface area contributed by atoms with Gasteiger partial charge in [-0.3, -0.25) is 14.4 Å². The van der Waals surface area contributed by atoms with Gasteiger partial charge in [-0.05, 0) is 35.4 Å². The van der Waals surface area contributed by atoms with Gasteiger partial charge in [-0.2, -0.15) is 0 Å². The van der Waals surface area contributed by atoms with Crippen LogP contribution in [0.4, 0.5) is 0 Å². The van der Waals surface area contributed by atoms with Gasteiger partial charge in [0, 0.05) is 17.4 Å². The van der Waals surface area contributed by atoms with Crippen LogP contribution in [0.15, 0.2) is 24.3 Å². The molecule has 0 bridgehead atoms. The lowest BCUT2D eigenvalue weighted by Crippen LogP contribution is -2.36. The zero-order valence-electron chi connectivity index (χ0n) is 19.5. The molecule has 2 aliphatic heterocycles. The Balaban J connectivity index is 1.66. The predicted molar refractivity (Wildman–Crippen MR) is 119 cm³/mol. The van der Waals surface area contributed by atoms with Gasteiger partial charge in [0.1, 0.15) is 6.10 Å². The fraction of sp³-hybridized carbons (Fsp3) is 0.400. The SMILES string of the molecule is COc1cc([C@@H]2c3cc4c(cc3[C@@H](OC(=O)CCC(=O)O)[C@H]3COC(=O)[C@H]23)OCO4)cc(OC)c1O. The Morgan fingerprint density at radius 3 is 2.22 bits per heavy atom. The maximum atomic E-state index is 13.0. The highest BCUT2D eigenvalue weighted by molar-refractivity contribution is 5.80. The number of rotatable bonds is 7. The molecule has 4 atom stereocenters. The number of phenols is 1. The number of aromatic hydroxyl groups is 1. The summed E-state index contributed by atoms with van der Waals surface area (Å²) in [6, 6.07) is 6.71. The molecule has 2 aromatic rings. The summed E-state index contributed by atoms with van der Waals surface area (Å²) in [5, 5.41) is 19.4. The summed E-state index contributed by atoms with van der Waals surface area (Å²) in [4.78, 5) is 36.5. The van der Waals surface area contributed by atoms with Crippen LogP contribution in [0, 0.1) is 11.8 Å². The number of phenolic OH excluding ortho intramolecular Hbond substituents is 1. The van der Waals surface area contributed by atoms with E-state index in [1.807, 2.05) is 0 Å². The van der Waals surface area contributed by atoms with Gasteiger partial charge in [-0.25, -0.2) is 0 Å². The third kappa shape index (κ3) is 3.90. The van der Waals surface area contributed by atoms with Gasteiger partial charge >= 0.3 is 17.9 Å². The molecule has 11 heteroatoms. The van der Waals surface area contributed by atoms with Crippen molar-refractivity contribution < 1.29 is 53.0 Å². The Kier molecular flexibility index (Phi) is 5.99. The van der Waals surface area contributed by atoms with E-state index in [9.17, 15) is 19.5 Å². The van der Waals surface area contributed by atoms with E-state index in [1.165, 1.54) is 14.2 Å².